The molecule has 0 spiro atoms. The van der Waals surface area contributed by atoms with Gasteiger partial charge in [-0.1, -0.05) is 0 Å². The van der Waals surface area contributed by atoms with Gasteiger partial charge in [-0.15, -0.1) is 5.10 Å². The first-order valence-electron chi connectivity index (χ1n) is 5.53. The van der Waals surface area contributed by atoms with Crippen LogP contribution in [0.2, 0.25) is 0 Å². The van der Waals surface area contributed by atoms with Gasteiger partial charge in [0, 0.05) is 12.6 Å². The monoisotopic (exact) mass is 253 g/mol. The van der Waals surface area contributed by atoms with Crippen LogP contribution in [-0.4, -0.2) is 26.3 Å². The summed E-state index contributed by atoms with van der Waals surface area (Å²) in [5, 5.41) is 6.75. The topological polar surface area (TPSA) is 55.6 Å². The van der Waals surface area contributed by atoms with Crippen LogP contribution in [0, 0.1) is 25.5 Å². The minimum atomic E-state index is -0.776. The number of hydrogen-bond donors (Lipinski definition) is 1. The third-order valence-electron chi connectivity index (χ3n) is 2.33. The molecule has 1 N–H and O–H groups in total. The van der Waals surface area contributed by atoms with E-state index in [0.29, 0.717) is 18.2 Å². The standard InChI is InChI=1S/C11H13F2N5/c1-4-14-10-8(12)5-9(13)11(16-10)18-7(3)15-6(2)17-18/h5H,4H2,1-3H3,(H,14,16). The Morgan fingerprint density at radius 3 is 2.50 bits per heavy atom. The van der Waals surface area contributed by atoms with Gasteiger partial charge >= 0.3 is 0 Å². The molecule has 0 bridgehead atoms. The van der Waals surface area contributed by atoms with Crippen molar-refractivity contribution in [2.45, 2.75) is 20.8 Å². The SMILES string of the molecule is CCNc1nc(-n2nc(C)nc2C)c(F)cc1F. The molecule has 2 heterocycles. The second-order valence-corrected chi connectivity index (χ2v) is 3.77. The Kier molecular flexibility index (Phi) is 3.22. The third-order valence-corrected chi connectivity index (χ3v) is 2.33. The average Bonchev–Trinajstić information content (AvgIpc) is 2.62. The van der Waals surface area contributed by atoms with Crippen LogP contribution >= 0.6 is 0 Å². The number of pyridine rings is 1. The van der Waals surface area contributed by atoms with E-state index in [1.54, 1.807) is 20.8 Å². The molecule has 5 nitrogen and oxygen atoms in total. The van der Waals surface area contributed by atoms with Crippen molar-refractivity contribution < 1.29 is 8.78 Å². The van der Waals surface area contributed by atoms with Crippen molar-refractivity contribution in [1.82, 2.24) is 19.7 Å². The fraction of sp³-hybridized carbons (Fsp3) is 0.364. The number of aryl methyl sites for hydroxylation is 2. The Bertz CT molecular complexity index is 579. The Labute approximate surface area is 103 Å². The van der Waals surface area contributed by atoms with Crippen molar-refractivity contribution in [2.24, 2.45) is 0 Å². The van der Waals surface area contributed by atoms with Crippen LogP contribution in [0.25, 0.3) is 5.82 Å². The first-order valence-corrected chi connectivity index (χ1v) is 5.53. The smallest absolute Gasteiger partial charge is 0.193 e. The van der Waals surface area contributed by atoms with Gasteiger partial charge in [0.1, 0.15) is 11.6 Å². The number of halogens is 2. The summed E-state index contributed by atoms with van der Waals surface area (Å²) in [5.41, 5.74) is 0. The maximum atomic E-state index is 13.7. The molecule has 0 saturated heterocycles. The number of nitrogens with zero attached hydrogens (tertiary/aromatic N) is 4. The number of anilines is 1. The maximum Gasteiger partial charge on any atom is 0.193 e. The lowest BCUT2D eigenvalue weighted by Gasteiger charge is -2.08. The summed E-state index contributed by atoms with van der Waals surface area (Å²) >= 11 is 0. The summed E-state index contributed by atoms with van der Waals surface area (Å²) in [6.45, 7) is 5.66. The van der Waals surface area contributed by atoms with Crippen molar-refractivity contribution in [3.63, 3.8) is 0 Å². The predicted octanol–water partition coefficient (Wildman–Crippen LogP) is 1.99. The van der Waals surface area contributed by atoms with Crippen molar-refractivity contribution >= 4 is 5.82 Å². The molecule has 0 atom stereocenters. The minimum Gasteiger partial charge on any atom is -0.368 e. The predicted molar refractivity (Wildman–Crippen MR) is 62.7 cm³/mol. The lowest BCUT2D eigenvalue weighted by molar-refractivity contribution is 0.561. The van der Waals surface area contributed by atoms with Crippen LogP contribution < -0.4 is 5.32 Å². The van der Waals surface area contributed by atoms with Gasteiger partial charge in [0.2, 0.25) is 0 Å². The number of aromatic nitrogens is 4. The summed E-state index contributed by atoms with van der Waals surface area (Å²) in [6, 6.07) is 0.788. The number of rotatable bonds is 3. The van der Waals surface area contributed by atoms with Crippen LogP contribution in [0.5, 0.6) is 0 Å². The Balaban J connectivity index is 2.56. The summed E-state index contributed by atoms with van der Waals surface area (Å²) in [6.07, 6.45) is 0. The Hall–Kier alpha value is -2.05. The van der Waals surface area contributed by atoms with E-state index in [1.165, 1.54) is 4.68 Å². The molecule has 0 aliphatic carbocycles. The van der Waals surface area contributed by atoms with Crippen LogP contribution in [0.3, 0.4) is 0 Å². The molecule has 0 saturated carbocycles. The molecule has 2 aromatic heterocycles. The zero-order chi connectivity index (χ0) is 13.3. The van der Waals surface area contributed by atoms with Gasteiger partial charge < -0.3 is 5.32 Å². The lowest BCUT2D eigenvalue weighted by Crippen LogP contribution is -2.10. The maximum absolute atomic E-state index is 13.7. The highest BCUT2D eigenvalue weighted by Gasteiger charge is 2.16. The molecule has 0 unspecified atom stereocenters. The van der Waals surface area contributed by atoms with E-state index in [2.05, 4.69) is 20.4 Å². The molecule has 0 aromatic carbocycles. The van der Waals surface area contributed by atoms with E-state index in [4.69, 9.17) is 0 Å². The fourth-order valence-corrected chi connectivity index (χ4v) is 1.62. The van der Waals surface area contributed by atoms with Gasteiger partial charge in [0.15, 0.2) is 23.3 Å². The first-order chi connectivity index (χ1) is 8.52. The zero-order valence-corrected chi connectivity index (χ0v) is 10.3. The molecule has 2 rings (SSSR count). The molecule has 0 aliphatic rings. The molecule has 96 valence electrons. The minimum absolute atomic E-state index is 0.00135. The van der Waals surface area contributed by atoms with Crippen LogP contribution in [0.15, 0.2) is 6.07 Å². The van der Waals surface area contributed by atoms with E-state index in [9.17, 15) is 8.78 Å². The fourth-order valence-electron chi connectivity index (χ4n) is 1.62. The summed E-state index contributed by atoms with van der Waals surface area (Å²) < 4.78 is 28.4. The van der Waals surface area contributed by atoms with Crippen molar-refractivity contribution in [3.8, 4) is 5.82 Å². The second-order valence-electron chi connectivity index (χ2n) is 3.77. The van der Waals surface area contributed by atoms with Crippen LogP contribution in [-0.2, 0) is 0 Å². The van der Waals surface area contributed by atoms with E-state index in [-0.39, 0.29) is 11.6 Å². The number of nitrogens with one attached hydrogen (secondary N) is 1. The third kappa shape index (κ3) is 2.15. The quantitative estimate of drug-likeness (QED) is 0.908. The molecule has 0 fully saturated rings. The molecule has 0 radical (unpaired) electrons. The number of hydrogen-bond acceptors (Lipinski definition) is 4. The van der Waals surface area contributed by atoms with Gasteiger partial charge in [-0.3, -0.25) is 0 Å². The molecule has 2 aromatic rings. The normalized spacial score (nSPS) is 10.7. The van der Waals surface area contributed by atoms with Gasteiger partial charge in [-0.05, 0) is 20.8 Å². The molecular formula is C11H13F2N5. The van der Waals surface area contributed by atoms with Crippen molar-refractivity contribution in [2.75, 3.05) is 11.9 Å². The highest BCUT2D eigenvalue weighted by Crippen LogP contribution is 2.18. The highest BCUT2D eigenvalue weighted by molar-refractivity contribution is 5.42. The van der Waals surface area contributed by atoms with Gasteiger partial charge in [0.25, 0.3) is 0 Å². The van der Waals surface area contributed by atoms with Gasteiger partial charge in [0.05, 0.1) is 0 Å². The first kappa shape index (κ1) is 12.4. The molecular weight excluding hydrogens is 240 g/mol. The summed E-state index contributed by atoms with van der Waals surface area (Å²) in [5.74, 6) is -0.572. The molecule has 7 heteroatoms. The summed E-state index contributed by atoms with van der Waals surface area (Å²) in [4.78, 5) is 7.96. The lowest BCUT2D eigenvalue weighted by atomic mass is 10.4. The van der Waals surface area contributed by atoms with Gasteiger partial charge in [-0.2, -0.15) is 4.68 Å². The van der Waals surface area contributed by atoms with E-state index in [0.717, 1.165) is 6.07 Å². The zero-order valence-electron chi connectivity index (χ0n) is 10.3. The Morgan fingerprint density at radius 2 is 1.94 bits per heavy atom. The van der Waals surface area contributed by atoms with E-state index < -0.39 is 11.6 Å². The summed E-state index contributed by atoms with van der Waals surface area (Å²) in [7, 11) is 0. The highest BCUT2D eigenvalue weighted by atomic mass is 19.1. The van der Waals surface area contributed by atoms with Crippen molar-refractivity contribution in [1.29, 1.82) is 0 Å². The van der Waals surface area contributed by atoms with Crippen LogP contribution in [0.1, 0.15) is 18.6 Å². The Morgan fingerprint density at radius 1 is 1.22 bits per heavy atom. The molecule has 0 aliphatic heterocycles. The van der Waals surface area contributed by atoms with E-state index >= 15 is 0 Å². The largest absolute Gasteiger partial charge is 0.368 e. The molecule has 18 heavy (non-hydrogen) atoms. The van der Waals surface area contributed by atoms with Crippen molar-refractivity contribution in [3.05, 3.63) is 29.3 Å². The average molecular weight is 253 g/mol. The van der Waals surface area contributed by atoms with Crippen LogP contribution in [0.4, 0.5) is 14.6 Å². The molecule has 0 amide bonds. The van der Waals surface area contributed by atoms with Gasteiger partial charge in [-0.25, -0.2) is 18.7 Å². The van der Waals surface area contributed by atoms with E-state index in [1.807, 2.05) is 0 Å². The second kappa shape index (κ2) is 4.67.